The third kappa shape index (κ3) is 6.99. The van der Waals surface area contributed by atoms with Gasteiger partial charge in [0, 0.05) is 21.2 Å². The Labute approximate surface area is 216 Å². The molecule has 1 amide bonds. The van der Waals surface area contributed by atoms with Crippen molar-refractivity contribution in [2.75, 3.05) is 13.7 Å². The van der Waals surface area contributed by atoms with Gasteiger partial charge in [-0.1, -0.05) is 29.3 Å². The molecule has 0 aliphatic rings. The highest BCUT2D eigenvalue weighted by atomic mass is 127. The van der Waals surface area contributed by atoms with E-state index in [1.165, 1.54) is 6.21 Å². The van der Waals surface area contributed by atoms with Crippen LogP contribution in [0.4, 0.5) is 0 Å². The lowest BCUT2D eigenvalue weighted by Crippen LogP contribution is -2.17. The van der Waals surface area contributed by atoms with E-state index in [2.05, 4.69) is 33.1 Å². The minimum absolute atomic E-state index is 0.263. The van der Waals surface area contributed by atoms with Gasteiger partial charge in [0.25, 0.3) is 5.91 Å². The SMILES string of the molecule is CCOc1cc(/C=N\NC(=O)c2ccc(I)c(OC)c2)ccc1OCc1ccc(Cl)cc1Cl. The number of rotatable bonds is 9. The number of carbonyl (C=O) groups excluding carboxylic acids is 1. The molecule has 0 fully saturated rings. The molecule has 0 atom stereocenters. The van der Waals surface area contributed by atoms with Crippen LogP contribution in [-0.2, 0) is 6.61 Å². The zero-order valence-corrected chi connectivity index (χ0v) is 21.6. The largest absolute Gasteiger partial charge is 0.496 e. The van der Waals surface area contributed by atoms with E-state index in [9.17, 15) is 4.79 Å². The molecule has 0 spiro atoms. The van der Waals surface area contributed by atoms with Gasteiger partial charge in [0.15, 0.2) is 11.5 Å². The molecule has 0 saturated heterocycles. The Morgan fingerprint density at radius 1 is 1.03 bits per heavy atom. The first-order valence-corrected chi connectivity index (χ1v) is 11.7. The predicted octanol–water partition coefficient (Wildman–Crippen LogP) is 6.35. The van der Waals surface area contributed by atoms with Gasteiger partial charge in [0.05, 0.1) is 23.5 Å². The molecule has 1 N–H and O–H groups in total. The van der Waals surface area contributed by atoms with E-state index in [1.54, 1.807) is 43.5 Å². The highest BCUT2D eigenvalue weighted by Crippen LogP contribution is 2.30. The standard InChI is InChI=1S/C24H21Cl2IN2O4/c1-3-32-23-10-15(4-9-21(23)33-14-17-5-7-18(25)12-19(17)26)13-28-29-24(30)16-6-8-20(27)22(11-16)31-2/h4-13H,3,14H2,1-2H3,(H,29,30)/b28-13-. The van der Waals surface area contributed by atoms with Gasteiger partial charge in [-0.2, -0.15) is 5.10 Å². The molecule has 0 heterocycles. The van der Waals surface area contributed by atoms with Crippen molar-refractivity contribution in [2.24, 2.45) is 5.10 Å². The van der Waals surface area contributed by atoms with Gasteiger partial charge in [-0.15, -0.1) is 0 Å². The molecule has 0 saturated carbocycles. The highest BCUT2D eigenvalue weighted by Gasteiger charge is 2.10. The average Bonchev–Trinajstić information content (AvgIpc) is 2.80. The number of benzene rings is 3. The zero-order chi connectivity index (χ0) is 23.8. The van der Waals surface area contributed by atoms with Gasteiger partial charge < -0.3 is 14.2 Å². The fraction of sp³-hybridized carbons (Fsp3) is 0.167. The van der Waals surface area contributed by atoms with Crippen LogP contribution in [0, 0.1) is 3.57 Å². The average molecular weight is 599 g/mol. The molecule has 172 valence electrons. The van der Waals surface area contributed by atoms with Crippen LogP contribution >= 0.6 is 45.8 Å². The van der Waals surface area contributed by atoms with Crippen molar-refractivity contribution in [1.82, 2.24) is 5.43 Å². The van der Waals surface area contributed by atoms with E-state index in [4.69, 9.17) is 37.4 Å². The summed E-state index contributed by atoms with van der Waals surface area (Å²) in [6, 6.07) is 15.8. The summed E-state index contributed by atoms with van der Waals surface area (Å²) in [5.41, 5.74) is 4.51. The Hall–Kier alpha value is -2.49. The van der Waals surface area contributed by atoms with Crippen LogP contribution in [0.1, 0.15) is 28.4 Å². The number of nitrogens with zero attached hydrogens (tertiary/aromatic N) is 1. The summed E-state index contributed by atoms with van der Waals surface area (Å²) in [5, 5.41) is 5.15. The topological polar surface area (TPSA) is 69.2 Å². The lowest BCUT2D eigenvalue weighted by molar-refractivity contribution is 0.0954. The van der Waals surface area contributed by atoms with E-state index in [0.717, 1.165) is 14.7 Å². The van der Waals surface area contributed by atoms with Crippen LogP contribution in [0.15, 0.2) is 59.7 Å². The molecule has 0 bridgehead atoms. The first kappa shape index (κ1) is 25.1. The molecular weight excluding hydrogens is 578 g/mol. The fourth-order valence-electron chi connectivity index (χ4n) is 2.82. The lowest BCUT2D eigenvalue weighted by atomic mass is 10.2. The number of halogens is 3. The first-order valence-electron chi connectivity index (χ1n) is 9.91. The van der Waals surface area contributed by atoms with Crippen LogP contribution in [0.3, 0.4) is 0 Å². The summed E-state index contributed by atoms with van der Waals surface area (Å²) in [6.07, 6.45) is 1.53. The molecule has 0 unspecified atom stereocenters. The summed E-state index contributed by atoms with van der Waals surface area (Å²) in [5.74, 6) is 1.41. The molecule has 3 aromatic carbocycles. The van der Waals surface area contributed by atoms with E-state index in [-0.39, 0.29) is 12.5 Å². The van der Waals surface area contributed by atoms with Crippen molar-refractivity contribution >= 4 is 57.9 Å². The Morgan fingerprint density at radius 3 is 2.58 bits per heavy atom. The third-order valence-electron chi connectivity index (χ3n) is 4.46. The number of methoxy groups -OCH3 is 1. The van der Waals surface area contributed by atoms with Gasteiger partial charge in [-0.05, 0) is 83.6 Å². The number of hydrogen-bond acceptors (Lipinski definition) is 5. The molecule has 3 rings (SSSR count). The van der Waals surface area contributed by atoms with Crippen molar-refractivity contribution in [1.29, 1.82) is 0 Å². The van der Waals surface area contributed by atoms with Crippen molar-refractivity contribution in [2.45, 2.75) is 13.5 Å². The Kier molecular flexibility index (Phi) is 9.22. The Morgan fingerprint density at radius 2 is 1.85 bits per heavy atom. The maximum Gasteiger partial charge on any atom is 0.271 e. The molecule has 3 aromatic rings. The molecule has 0 aliphatic carbocycles. The van der Waals surface area contributed by atoms with Gasteiger partial charge in [0.2, 0.25) is 0 Å². The van der Waals surface area contributed by atoms with E-state index in [0.29, 0.717) is 39.5 Å². The fourth-order valence-corrected chi connectivity index (χ4v) is 3.84. The highest BCUT2D eigenvalue weighted by molar-refractivity contribution is 14.1. The summed E-state index contributed by atoms with van der Waals surface area (Å²) < 4.78 is 17.8. The first-order chi connectivity index (χ1) is 15.9. The maximum atomic E-state index is 12.4. The van der Waals surface area contributed by atoms with Crippen LogP contribution < -0.4 is 19.6 Å². The van der Waals surface area contributed by atoms with Crippen LogP contribution in [-0.4, -0.2) is 25.8 Å². The van der Waals surface area contributed by atoms with Crippen LogP contribution in [0.25, 0.3) is 0 Å². The number of carbonyl (C=O) groups is 1. The smallest absolute Gasteiger partial charge is 0.271 e. The van der Waals surface area contributed by atoms with Crippen molar-refractivity contribution < 1.29 is 19.0 Å². The lowest BCUT2D eigenvalue weighted by Gasteiger charge is -2.13. The molecule has 33 heavy (non-hydrogen) atoms. The molecule has 6 nitrogen and oxygen atoms in total. The van der Waals surface area contributed by atoms with Crippen molar-refractivity contribution in [3.05, 3.63) is 84.9 Å². The third-order valence-corrected chi connectivity index (χ3v) is 5.94. The summed E-state index contributed by atoms with van der Waals surface area (Å²) >= 11 is 14.3. The van der Waals surface area contributed by atoms with Gasteiger partial charge >= 0.3 is 0 Å². The van der Waals surface area contributed by atoms with Crippen LogP contribution in [0.5, 0.6) is 17.2 Å². The minimum atomic E-state index is -0.342. The van der Waals surface area contributed by atoms with Crippen molar-refractivity contribution in [3.8, 4) is 17.2 Å². The van der Waals surface area contributed by atoms with E-state index < -0.39 is 0 Å². The summed E-state index contributed by atoms with van der Waals surface area (Å²) in [6.45, 7) is 2.61. The monoisotopic (exact) mass is 598 g/mol. The number of hydrogen-bond donors (Lipinski definition) is 1. The van der Waals surface area contributed by atoms with E-state index >= 15 is 0 Å². The second kappa shape index (κ2) is 12.1. The van der Waals surface area contributed by atoms with E-state index in [1.807, 2.05) is 25.1 Å². The number of nitrogens with one attached hydrogen (secondary N) is 1. The number of hydrazone groups is 1. The van der Waals surface area contributed by atoms with Gasteiger partial charge in [-0.3, -0.25) is 4.79 Å². The van der Waals surface area contributed by atoms with Gasteiger partial charge in [0.1, 0.15) is 12.4 Å². The molecule has 0 aliphatic heterocycles. The maximum absolute atomic E-state index is 12.4. The Balaban J connectivity index is 1.67. The minimum Gasteiger partial charge on any atom is -0.496 e. The quantitative estimate of drug-likeness (QED) is 0.177. The summed E-state index contributed by atoms with van der Waals surface area (Å²) in [4.78, 5) is 12.4. The normalized spacial score (nSPS) is 10.8. The Bertz CT molecular complexity index is 1170. The summed E-state index contributed by atoms with van der Waals surface area (Å²) in [7, 11) is 1.56. The molecule has 0 radical (unpaired) electrons. The van der Waals surface area contributed by atoms with Crippen molar-refractivity contribution in [3.63, 3.8) is 0 Å². The van der Waals surface area contributed by atoms with Crippen LogP contribution in [0.2, 0.25) is 10.0 Å². The number of amides is 1. The molecule has 9 heteroatoms. The van der Waals surface area contributed by atoms with Gasteiger partial charge in [-0.25, -0.2) is 5.43 Å². The zero-order valence-electron chi connectivity index (χ0n) is 17.9. The predicted molar refractivity (Wildman–Crippen MR) is 139 cm³/mol. The number of ether oxygens (including phenoxy) is 3. The second-order valence-electron chi connectivity index (χ2n) is 6.71. The second-order valence-corrected chi connectivity index (χ2v) is 8.72. The molecular formula is C24H21Cl2IN2O4. The molecule has 0 aromatic heterocycles.